The molecule has 1 fully saturated rings. The van der Waals surface area contributed by atoms with Crippen molar-refractivity contribution in [2.75, 3.05) is 32.5 Å². The minimum atomic E-state index is -3.44. The average Bonchev–Trinajstić information content (AvgIpc) is 2.54. The second kappa shape index (κ2) is 9.87. The molecule has 0 spiro atoms. The summed E-state index contributed by atoms with van der Waals surface area (Å²) >= 11 is 0. The number of ether oxygens (including phenoxy) is 2. The summed E-state index contributed by atoms with van der Waals surface area (Å²) in [5.74, 6) is -0.323. The van der Waals surface area contributed by atoms with E-state index in [9.17, 15) is 13.2 Å². The normalized spacial score (nSPS) is 19.5. The van der Waals surface area contributed by atoms with Crippen LogP contribution < -0.4 is 5.32 Å². The lowest BCUT2D eigenvalue weighted by atomic mass is 9.90. The summed E-state index contributed by atoms with van der Waals surface area (Å²) in [7, 11) is -3.44. The smallest absolute Gasteiger partial charge is 0.309 e. The molecular formula is C20H40N2O5S. The van der Waals surface area contributed by atoms with Gasteiger partial charge in [0.25, 0.3) is 0 Å². The maximum atomic E-state index is 12.4. The van der Waals surface area contributed by atoms with Gasteiger partial charge in [-0.25, -0.2) is 8.42 Å². The van der Waals surface area contributed by atoms with Gasteiger partial charge in [-0.1, -0.05) is 20.8 Å². The molecule has 1 aliphatic rings. The van der Waals surface area contributed by atoms with Gasteiger partial charge in [0, 0.05) is 12.1 Å². The molecule has 166 valence electrons. The fourth-order valence-electron chi connectivity index (χ4n) is 3.07. The van der Waals surface area contributed by atoms with Gasteiger partial charge in [-0.15, -0.1) is 0 Å². The Morgan fingerprint density at radius 1 is 1.14 bits per heavy atom. The summed E-state index contributed by atoms with van der Waals surface area (Å²) in [5, 5.41) is 3.23. The third-order valence-corrected chi connectivity index (χ3v) is 6.72. The fraction of sp³-hybridized carbons (Fsp3) is 0.950. The summed E-state index contributed by atoms with van der Waals surface area (Å²) in [4.78, 5) is 12.4. The number of nitrogens with one attached hydrogen (secondary N) is 1. The molecular weight excluding hydrogens is 380 g/mol. The van der Waals surface area contributed by atoms with E-state index in [2.05, 4.69) is 26.1 Å². The van der Waals surface area contributed by atoms with E-state index in [1.165, 1.54) is 10.6 Å². The van der Waals surface area contributed by atoms with Gasteiger partial charge in [0.2, 0.25) is 10.0 Å². The number of sulfonamides is 1. The number of nitrogens with zero attached hydrogens (tertiary/aromatic N) is 1. The lowest BCUT2D eigenvalue weighted by Gasteiger charge is -2.38. The molecule has 0 aromatic carbocycles. The number of esters is 1. The Morgan fingerprint density at radius 3 is 2.11 bits per heavy atom. The maximum absolute atomic E-state index is 12.4. The Kier molecular flexibility index (Phi) is 8.93. The number of hydrogen-bond donors (Lipinski definition) is 1. The number of carbonyl (C=O) groups is 1. The van der Waals surface area contributed by atoms with Crippen molar-refractivity contribution in [2.24, 2.45) is 11.3 Å². The predicted octanol–water partition coefficient (Wildman–Crippen LogP) is 2.41. The highest BCUT2D eigenvalue weighted by Crippen LogP contribution is 2.25. The third kappa shape index (κ3) is 8.35. The van der Waals surface area contributed by atoms with Crippen LogP contribution in [0.15, 0.2) is 0 Å². The van der Waals surface area contributed by atoms with Gasteiger partial charge in [0.1, 0.15) is 12.7 Å². The lowest BCUT2D eigenvalue weighted by Crippen LogP contribution is -2.51. The first-order valence-electron chi connectivity index (χ1n) is 10.1. The Morgan fingerprint density at radius 2 is 1.68 bits per heavy atom. The van der Waals surface area contributed by atoms with Gasteiger partial charge in [-0.05, 0) is 59.0 Å². The van der Waals surface area contributed by atoms with E-state index in [1.807, 2.05) is 27.7 Å². The molecule has 1 N–H and O–H groups in total. The van der Waals surface area contributed by atoms with Crippen molar-refractivity contribution in [3.63, 3.8) is 0 Å². The molecule has 0 unspecified atom stereocenters. The molecule has 1 heterocycles. The molecule has 0 aromatic heterocycles. The largest absolute Gasteiger partial charge is 0.463 e. The van der Waals surface area contributed by atoms with Crippen molar-refractivity contribution in [3.8, 4) is 0 Å². The average molecular weight is 421 g/mol. The van der Waals surface area contributed by atoms with Gasteiger partial charge in [-0.2, -0.15) is 4.31 Å². The standard InChI is InChI=1S/C20H40N2O5S/c1-15(19(2,3)4)27-17(13-22(20(5,6)7)28(8,24)25)14-26-18(23)16-9-11-21-12-10-16/h15-17,21H,9-14H2,1-8H3/t15-,17-/m0/s1. The van der Waals surface area contributed by atoms with Crippen LogP contribution in [0.25, 0.3) is 0 Å². The van der Waals surface area contributed by atoms with Crippen molar-refractivity contribution in [1.82, 2.24) is 9.62 Å². The van der Waals surface area contributed by atoms with Crippen LogP contribution in [-0.2, 0) is 24.3 Å². The molecule has 2 atom stereocenters. The number of rotatable bonds is 8. The van der Waals surface area contributed by atoms with Crippen LogP contribution in [0.2, 0.25) is 0 Å². The predicted molar refractivity (Wildman–Crippen MR) is 112 cm³/mol. The zero-order valence-corrected chi connectivity index (χ0v) is 19.7. The lowest BCUT2D eigenvalue weighted by molar-refractivity contribution is -0.157. The first-order chi connectivity index (χ1) is 12.6. The van der Waals surface area contributed by atoms with Gasteiger partial charge >= 0.3 is 5.97 Å². The molecule has 1 rings (SSSR count). The molecule has 7 nitrogen and oxygen atoms in total. The summed E-state index contributed by atoms with van der Waals surface area (Å²) in [5.41, 5.74) is -0.714. The van der Waals surface area contributed by atoms with Crippen LogP contribution in [0.4, 0.5) is 0 Å². The Hall–Kier alpha value is -0.700. The summed E-state index contributed by atoms with van der Waals surface area (Å²) in [6, 6.07) is 0. The van der Waals surface area contributed by atoms with Gasteiger partial charge in [-0.3, -0.25) is 4.79 Å². The number of carbonyl (C=O) groups excluding carboxylic acids is 1. The molecule has 0 radical (unpaired) electrons. The Balaban J connectivity index is 2.89. The molecule has 28 heavy (non-hydrogen) atoms. The molecule has 1 saturated heterocycles. The van der Waals surface area contributed by atoms with Crippen molar-refractivity contribution in [3.05, 3.63) is 0 Å². The van der Waals surface area contributed by atoms with E-state index in [1.54, 1.807) is 0 Å². The molecule has 8 heteroatoms. The Bertz CT molecular complexity index is 601. The van der Waals surface area contributed by atoms with Crippen LogP contribution >= 0.6 is 0 Å². The topological polar surface area (TPSA) is 84.9 Å². The quantitative estimate of drug-likeness (QED) is 0.607. The van der Waals surface area contributed by atoms with E-state index in [0.29, 0.717) is 0 Å². The minimum absolute atomic E-state index is 0.0469. The Labute approximate surface area is 171 Å². The highest BCUT2D eigenvalue weighted by Gasteiger charge is 2.35. The first kappa shape index (κ1) is 25.3. The molecule has 0 aromatic rings. The number of hydrogen-bond acceptors (Lipinski definition) is 6. The van der Waals surface area contributed by atoms with E-state index in [4.69, 9.17) is 9.47 Å². The highest BCUT2D eigenvalue weighted by atomic mass is 32.2. The second-order valence-corrected chi connectivity index (χ2v) is 11.8. The SMILES string of the molecule is C[C@H](O[C@H](COC(=O)C1CCNCC1)CN(C(C)(C)C)S(C)(=O)=O)C(C)(C)C. The zero-order chi connectivity index (χ0) is 21.8. The van der Waals surface area contributed by atoms with Crippen molar-refractivity contribution in [1.29, 1.82) is 0 Å². The first-order valence-corrected chi connectivity index (χ1v) is 12.0. The van der Waals surface area contributed by atoms with Crippen molar-refractivity contribution < 1.29 is 22.7 Å². The van der Waals surface area contributed by atoms with Crippen LogP contribution in [-0.4, -0.2) is 68.9 Å². The van der Waals surface area contributed by atoms with Crippen molar-refractivity contribution >= 4 is 16.0 Å². The van der Waals surface area contributed by atoms with Crippen LogP contribution in [0.5, 0.6) is 0 Å². The van der Waals surface area contributed by atoms with Crippen LogP contribution in [0.1, 0.15) is 61.3 Å². The van der Waals surface area contributed by atoms with Crippen LogP contribution in [0, 0.1) is 11.3 Å². The van der Waals surface area contributed by atoms with E-state index >= 15 is 0 Å². The van der Waals surface area contributed by atoms with E-state index in [-0.39, 0.29) is 36.6 Å². The fourth-order valence-corrected chi connectivity index (χ4v) is 4.50. The molecule has 0 aliphatic carbocycles. The molecule has 0 bridgehead atoms. The van der Waals surface area contributed by atoms with Crippen LogP contribution in [0.3, 0.4) is 0 Å². The second-order valence-electron chi connectivity index (χ2n) is 9.89. The van der Waals surface area contributed by atoms with Gasteiger partial charge < -0.3 is 14.8 Å². The van der Waals surface area contributed by atoms with E-state index in [0.717, 1.165) is 25.9 Å². The molecule has 0 amide bonds. The zero-order valence-electron chi connectivity index (χ0n) is 18.9. The highest BCUT2D eigenvalue weighted by molar-refractivity contribution is 7.88. The summed E-state index contributed by atoms with van der Waals surface area (Å²) in [6.45, 7) is 15.5. The monoisotopic (exact) mass is 420 g/mol. The number of piperidine rings is 1. The summed E-state index contributed by atoms with van der Waals surface area (Å²) in [6.07, 6.45) is 2.06. The maximum Gasteiger partial charge on any atom is 0.309 e. The van der Waals surface area contributed by atoms with Gasteiger partial charge in [0.05, 0.1) is 18.3 Å². The molecule has 1 aliphatic heterocycles. The van der Waals surface area contributed by atoms with Crippen molar-refractivity contribution in [2.45, 2.75) is 79.1 Å². The third-order valence-electron chi connectivity index (χ3n) is 5.22. The molecule has 0 saturated carbocycles. The van der Waals surface area contributed by atoms with E-state index < -0.39 is 21.7 Å². The minimum Gasteiger partial charge on any atom is -0.463 e. The van der Waals surface area contributed by atoms with Gasteiger partial charge in [0.15, 0.2) is 0 Å². The summed E-state index contributed by atoms with van der Waals surface area (Å²) < 4.78 is 37.8.